The number of anilines is 1. The number of carbonyl (C=O) groups excluding carboxylic acids is 2. The fourth-order valence-electron chi connectivity index (χ4n) is 2.08. The van der Waals surface area contributed by atoms with Crippen molar-refractivity contribution in [1.29, 1.82) is 0 Å². The first kappa shape index (κ1) is 20.2. The molecule has 0 aromatic heterocycles. The summed E-state index contributed by atoms with van der Waals surface area (Å²) in [5.41, 5.74) is 1.09. The second-order valence-electron chi connectivity index (χ2n) is 5.60. The number of ether oxygens (including phenoxy) is 3. The number of aryl methyl sites for hydroxylation is 1. The molecule has 0 bridgehead atoms. The monoisotopic (exact) mass is 379 g/mol. The molecule has 0 aliphatic carbocycles. The summed E-state index contributed by atoms with van der Waals surface area (Å²) >= 11 is 0. The van der Waals surface area contributed by atoms with Gasteiger partial charge < -0.3 is 19.5 Å². The van der Waals surface area contributed by atoms with Crippen molar-refractivity contribution in [1.82, 2.24) is 0 Å². The molecule has 0 fully saturated rings. The SMILES string of the molecule is Cc1ccc(OC(C)C(=O)OCC(=O)Nc2ccccc2OC(F)F)cc1. The molecular weight excluding hydrogens is 360 g/mol. The summed E-state index contributed by atoms with van der Waals surface area (Å²) in [7, 11) is 0. The van der Waals surface area contributed by atoms with Crippen LogP contribution in [0.5, 0.6) is 11.5 Å². The maximum atomic E-state index is 12.4. The third kappa shape index (κ3) is 6.58. The summed E-state index contributed by atoms with van der Waals surface area (Å²) in [5.74, 6) is -1.13. The van der Waals surface area contributed by atoms with Crippen LogP contribution in [0, 0.1) is 6.92 Å². The average Bonchev–Trinajstić information content (AvgIpc) is 2.62. The number of rotatable bonds is 8. The molecule has 0 saturated carbocycles. The molecule has 1 unspecified atom stereocenters. The molecule has 0 spiro atoms. The van der Waals surface area contributed by atoms with Crippen LogP contribution in [0.25, 0.3) is 0 Å². The molecule has 1 N–H and O–H groups in total. The molecule has 0 radical (unpaired) electrons. The molecule has 1 atom stereocenters. The zero-order chi connectivity index (χ0) is 19.8. The van der Waals surface area contributed by atoms with Crippen molar-refractivity contribution < 1.29 is 32.6 Å². The van der Waals surface area contributed by atoms with Crippen LogP contribution in [0.1, 0.15) is 12.5 Å². The van der Waals surface area contributed by atoms with Crippen LogP contribution < -0.4 is 14.8 Å². The molecule has 6 nitrogen and oxygen atoms in total. The number of hydrogen-bond donors (Lipinski definition) is 1. The molecule has 0 aliphatic rings. The van der Waals surface area contributed by atoms with Gasteiger partial charge in [-0.3, -0.25) is 4.79 Å². The van der Waals surface area contributed by atoms with E-state index in [-0.39, 0.29) is 11.4 Å². The highest BCUT2D eigenvalue weighted by molar-refractivity contribution is 5.94. The summed E-state index contributed by atoms with van der Waals surface area (Å²) < 4.78 is 39.4. The molecule has 0 heterocycles. The van der Waals surface area contributed by atoms with Gasteiger partial charge in [-0.25, -0.2) is 4.79 Å². The standard InChI is InChI=1S/C19H19F2NO5/c1-12-7-9-14(10-8-12)26-13(2)18(24)25-11-17(23)22-15-5-3-4-6-16(15)27-19(20)21/h3-10,13,19H,11H2,1-2H3,(H,22,23). The average molecular weight is 379 g/mol. The van der Waals surface area contributed by atoms with Gasteiger partial charge in [0.05, 0.1) is 5.69 Å². The Bertz CT molecular complexity index is 780. The second kappa shape index (κ2) is 9.51. The van der Waals surface area contributed by atoms with Crippen LogP contribution >= 0.6 is 0 Å². The maximum Gasteiger partial charge on any atom is 0.387 e. The Labute approximate surface area is 155 Å². The Kier molecular flexibility index (Phi) is 7.10. The highest BCUT2D eigenvalue weighted by Gasteiger charge is 2.18. The van der Waals surface area contributed by atoms with Gasteiger partial charge in [0.25, 0.3) is 5.91 Å². The first-order valence-corrected chi connectivity index (χ1v) is 8.09. The number of amides is 1. The van der Waals surface area contributed by atoms with Crippen LogP contribution in [0.3, 0.4) is 0 Å². The van der Waals surface area contributed by atoms with Crippen LogP contribution in [0.4, 0.5) is 14.5 Å². The number of para-hydroxylation sites is 2. The minimum Gasteiger partial charge on any atom is -0.479 e. The second-order valence-corrected chi connectivity index (χ2v) is 5.60. The van der Waals surface area contributed by atoms with Gasteiger partial charge in [-0.05, 0) is 38.1 Å². The predicted molar refractivity (Wildman–Crippen MR) is 93.9 cm³/mol. The van der Waals surface area contributed by atoms with E-state index in [0.717, 1.165) is 5.56 Å². The van der Waals surface area contributed by atoms with E-state index in [1.54, 1.807) is 12.1 Å². The van der Waals surface area contributed by atoms with Gasteiger partial charge in [-0.2, -0.15) is 8.78 Å². The van der Waals surface area contributed by atoms with Gasteiger partial charge in [-0.1, -0.05) is 29.8 Å². The maximum absolute atomic E-state index is 12.4. The highest BCUT2D eigenvalue weighted by Crippen LogP contribution is 2.25. The van der Waals surface area contributed by atoms with E-state index >= 15 is 0 Å². The highest BCUT2D eigenvalue weighted by atomic mass is 19.3. The van der Waals surface area contributed by atoms with Crippen molar-refractivity contribution in [3.05, 3.63) is 54.1 Å². The van der Waals surface area contributed by atoms with Crippen LogP contribution in [0.15, 0.2) is 48.5 Å². The topological polar surface area (TPSA) is 73.9 Å². The molecule has 0 aliphatic heterocycles. The molecule has 27 heavy (non-hydrogen) atoms. The number of alkyl halides is 2. The number of halogens is 2. The minimum atomic E-state index is -3.03. The van der Waals surface area contributed by atoms with Gasteiger partial charge in [-0.15, -0.1) is 0 Å². The zero-order valence-electron chi connectivity index (χ0n) is 14.8. The fraction of sp³-hybridized carbons (Fsp3) is 0.263. The fourth-order valence-corrected chi connectivity index (χ4v) is 2.08. The van der Waals surface area contributed by atoms with Gasteiger partial charge in [0.15, 0.2) is 12.7 Å². The molecular formula is C19H19F2NO5. The van der Waals surface area contributed by atoms with Crippen LogP contribution in [-0.2, 0) is 14.3 Å². The van der Waals surface area contributed by atoms with E-state index < -0.39 is 31.2 Å². The predicted octanol–water partition coefficient (Wildman–Crippen LogP) is 3.55. The summed E-state index contributed by atoms with van der Waals surface area (Å²) in [6.45, 7) is -0.208. The van der Waals surface area contributed by atoms with Gasteiger partial charge in [0.2, 0.25) is 0 Å². The Morgan fingerprint density at radius 2 is 1.70 bits per heavy atom. The first-order valence-electron chi connectivity index (χ1n) is 8.09. The van der Waals surface area contributed by atoms with E-state index in [2.05, 4.69) is 10.1 Å². The lowest BCUT2D eigenvalue weighted by Gasteiger charge is -2.15. The van der Waals surface area contributed by atoms with E-state index in [1.165, 1.54) is 31.2 Å². The van der Waals surface area contributed by atoms with Crippen molar-refractivity contribution in [2.45, 2.75) is 26.6 Å². The molecule has 0 saturated heterocycles. The first-order chi connectivity index (χ1) is 12.8. The molecule has 1 amide bonds. The van der Waals surface area contributed by atoms with Crippen LogP contribution in [-0.4, -0.2) is 31.2 Å². The van der Waals surface area contributed by atoms with Crippen molar-refractivity contribution in [3.63, 3.8) is 0 Å². The van der Waals surface area contributed by atoms with Crippen molar-refractivity contribution >= 4 is 17.6 Å². The molecule has 2 rings (SSSR count). The lowest BCUT2D eigenvalue weighted by Crippen LogP contribution is -2.29. The Hall–Kier alpha value is -3.16. The Morgan fingerprint density at radius 3 is 2.37 bits per heavy atom. The van der Waals surface area contributed by atoms with E-state index in [9.17, 15) is 18.4 Å². The lowest BCUT2D eigenvalue weighted by molar-refractivity contribution is -0.153. The Morgan fingerprint density at radius 1 is 1.04 bits per heavy atom. The minimum absolute atomic E-state index is 0.0443. The van der Waals surface area contributed by atoms with Crippen molar-refractivity contribution in [2.24, 2.45) is 0 Å². The van der Waals surface area contributed by atoms with E-state index in [0.29, 0.717) is 5.75 Å². The number of esters is 1. The third-order valence-corrected chi connectivity index (χ3v) is 3.39. The molecule has 2 aromatic carbocycles. The summed E-state index contributed by atoms with van der Waals surface area (Å²) in [6.07, 6.45) is -0.921. The molecule has 8 heteroatoms. The van der Waals surface area contributed by atoms with Gasteiger partial charge in [0.1, 0.15) is 11.5 Å². The number of benzene rings is 2. The summed E-state index contributed by atoms with van der Waals surface area (Å²) in [5, 5.41) is 2.35. The summed E-state index contributed by atoms with van der Waals surface area (Å²) in [4.78, 5) is 23.8. The van der Waals surface area contributed by atoms with E-state index in [4.69, 9.17) is 9.47 Å². The smallest absolute Gasteiger partial charge is 0.387 e. The van der Waals surface area contributed by atoms with Crippen LogP contribution in [0.2, 0.25) is 0 Å². The molecule has 2 aromatic rings. The summed E-state index contributed by atoms with van der Waals surface area (Å²) in [6, 6.07) is 12.8. The van der Waals surface area contributed by atoms with Crippen molar-refractivity contribution in [2.75, 3.05) is 11.9 Å². The zero-order valence-corrected chi connectivity index (χ0v) is 14.8. The number of hydrogen-bond acceptors (Lipinski definition) is 5. The van der Waals surface area contributed by atoms with Crippen molar-refractivity contribution in [3.8, 4) is 11.5 Å². The molecule has 144 valence electrons. The lowest BCUT2D eigenvalue weighted by atomic mass is 10.2. The number of nitrogens with one attached hydrogen (secondary N) is 1. The largest absolute Gasteiger partial charge is 0.479 e. The Balaban J connectivity index is 1.84. The van der Waals surface area contributed by atoms with E-state index in [1.807, 2.05) is 19.1 Å². The quantitative estimate of drug-likeness (QED) is 0.710. The number of carbonyl (C=O) groups is 2. The third-order valence-electron chi connectivity index (χ3n) is 3.39. The normalized spacial score (nSPS) is 11.6. The van der Waals surface area contributed by atoms with Gasteiger partial charge >= 0.3 is 12.6 Å². The van der Waals surface area contributed by atoms with Gasteiger partial charge in [0, 0.05) is 0 Å².